The normalized spacial score (nSPS) is 10.8. The highest BCUT2D eigenvalue weighted by Crippen LogP contribution is 2.20. The summed E-state index contributed by atoms with van der Waals surface area (Å²) >= 11 is 0. The van der Waals surface area contributed by atoms with Gasteiger partial charge in [-0.05, 0) is 49.7 Å². The first-order chi connectivity index (χ1) is 10.0. The molecule has 0 spiro atoms. The lowest BCUT2D eigenvalue weighted by molar-refractivity contribution is 0.102. The molecule has 0 aliphatic carbocycles. The van der Waals surface area contributed by atoms with E-state index in [0.717, 1.165) is 28.1 Å². The average Bonchev–Trinajstić information content (AvgIpc) is 2.81. The zero-order valence-corrected chi connectivity index (χ0v) is 11.9. The lowest BCUT2D eigenvalue weighted by Gasteiger charge is -2.09. The van der Waals surface area contributed by atoms with Gasteiger partial charge in [-0.15, -0.1) is 0 Å². The summed E-state index contributed by atoms with van der Waals surface area (Å²) in [4.78, 5) is 19.8. The van der Waals surface area contributed by atoms with Crippen molar-refractivity contribution in [3.63, 3.8) is 0 Å². The van der Waals surface area contributed by atoms with Crippen LogP contribution in [0.2, 0.25) is 0 Å². The van der Waals surface area contributed by atoms with Gasteiger partial charge in [-0.2, -0.15) is 0 Å². The quantitative estimate of drug-likeness (QED) is 0.631. The smallest absolute Gasteiger partial charge is 0.256 e. The third-order valence-corrected chi connectivity index (χ3v) is 3.48. The van der Waals surface area contributed by atoms with Crippen LogP contribution >= 0.6 is 0 Å². The molecule has 0 aliphatic rings. The maximum absolute atomic E-state index is 12.3. The number of nitrogen functional groups attached to an aromatic ring is 1. The molecule has 0 unspecified atom stereocenters. The summed E-state index contributed by atoms with van der Waals surface area (Å²) in [6.07, 6.45) is 0. The number of carbonyl (C=O) groups is 1. The van der Waals surface area contributed by atoms with Crippen molar-refractivity contribution in [2.45, 2.75) is 13.8 Å². The minimum atomic E-state index is -0.171. The summed E-state index contributed by atoms with van der Waals surface area (Å²) in [6.45, 7) is 3.74. The number of fused-ring (bicyclic) bond motifs is 1. The van der Waals surface area contributed by atoms with Crippen LogP contribution in [0.4, 0.5) is 11.4 Å². The Labute approximate surface area is 122 Å². The van der Waals surface area contributed by atoms with E-state index >= 15 is 0 Å². The Balaban J connectivity index is 1.90. The van der Waals surface area contributed by atoms with Crippen LogP contribution in [0.1, 0.15) is 21.7 Å². The molecular formula is C16H16N4O. The molecule has 1 heterocycles. The molecule has 0 atom stereocenters. The van der Waals surface area contributed by atoms with Crippen LogP contribution in [-0.4, -0.2) is 15.9 Å². The fourth-order valence-corrected chi connectivity index (χ4v) is 2.31. The van der Waals surface area contributed by atoms with Crippen LogP contribution in [0.15, 0.2) is 36.4 Å². The second kappa shape index (κ2) is 4.94. The number of amides is 1. The van der Waals surface area contributed by atoms with E-state index in [1.54, 1.807) is 18.2 Å². The number of nitrogens with two attached hydrogens (primary N) is 1. The first-order valence-electron chi connectivity index (χ1n) is 6.67. The van der Waals surface area contributed by atoms with Gasteiger partial charge in [0.15, 0.2) is 0 Å². The van der Waals surface area contributed by atoms with E-state index in [9.17, 15) is 4.79 Å². The van der Waals surface area contributed by atoms with Crippen LogP contribution in [0.3, 0.4) is 0 Å². The molecule has 5 nitrogen and oxygen atoms in total. The van der Waals surface area contributed by atoms with Crippen molar-refractivity contribution >= 4 is 28.3 Å². The van der Waals surface area contributed by atoms with E-state index in [1.807, 2.05) is 32.0 Å². The van der Waals surface area contributed by atoms with E-state index < -0.39 is 0 Å². The van der Waals surface area contributed by atoms with Gasteiger partial charge >= 0.3 is 0 Å². The number of nitrogens with zero attached hydrogens (tertiary/aromatic N) is 1. The van der Waals surface area contributed by atoms with Gasteiger partial charge in [0.2, 0.25) is 0 Å². The number of hydrogen-bond donors (Lipinski definition) is 3. The molecule has 1 aromatic heterocycles. The number of hydrogen-bond acceptors (Lipinski definition) is 3. The highest BCUT2D eigenvalue weighted by atomic mass is 16.1. The van der Waals surface area contributed by atoms with Crippen molar-refractivity contribution in [3.8, 4) is 0 Å². The standard InChI is InChI=1S/C16H16N4O/c1-9-12(4-3-5-13(9)17)16(21)20-11-6-7-14-15(8-11)19-10(2)18-14/h3-8H,17H2,1-2H3,(H,18,19)(H,20,21). The molecule has 4 N–H and O–H groups in total. The largest absolute Gasteiger partial charge is 0.398 e. The Kier molecular flexibility index (Phi) is 3.10. The highest BCUT2D eigenvalue weighted by molar-refractivity contribution is 6.06. The van der Waals surface area contributed by atoms with E-state index in [-0.39, 0.29) is 5.91 Å². The summed E-state index contributed by atoms with van der Waals surface area (Å²) < 4.78 is 0. The third kappa shape index (κ3) is 2.45. The van der Waals surface area contributed by atoms with Gasteiger partial charge in [0.05, 0.1) is 11.0 Å². The number of benzene rings is 2. The lowest BCUT2D eigenvalue weighted by atomic mass is 10.1. The Morgan fingerprint density at radius 1 is 1.24 bits per heavy atom. The molecule has 2 aromatic carbocycles. The molecule has 0 saturated heterocycles. The number of carbonyl (C=O) groups excluding carboxylic acids is 1. The Hall–Kier alpha value is -2.82. The van der Waals surface area contributed by atoms with Crippen molar-refractivity contribution < 1.29 is 4.79 Å². The van der Waals surface area contributed by atoms with Crippen LogP contribution in [0.25, 0.3) is 11.0 Å². The SMILES string of the molecule is Cc1nc2ccc(NC(=O)c3cccc(N)c3C)cc2[nH]1. The van der Waals surface area contributed by atoms with Gasteiger partial charge in [-0.3, -0.25) is 4.79 Å². The summed E-state index contributed by atoms with van der Waals surface area (Å²) in [5.41, 5.74) is 10.3. The molecule has 0 bridgehead atoms. The maximum atomic E-state index is 12.3. The van der Waals surface area contributed by atoms with Gasteiger partial charge in [0.1, 0.15) is 5.82 Å². The topological polar surface area (TPSA) is 83.8 Å². The Morgan fingerprint density at radius 2 is 2.05 bits per heavy atom. The molecule has 0 fully saturated rings. The minimum Gasteiger partial charge on any atom is -0.398 e. The zero-order chi connectivity index (χ0) is 15.0. The number of anilines is 2. The average molecular weight is 280 g/mol. The summed E-state index contributed by atoms with van der Waals surface area (Å²) in [6, 6.07) is 10.9. The molecular weight excluding hydrogens is 264 g/mol. The molecule has 0 aliphatic heterocycles. The lowest BCUT2D eigenvalue weighted by Crippen LogP contribution is -2.14. The van der Waals surface area contributed by atoms with Crippen molar-refractivity contribution in [3.05, 3.63) is 53.3 Å². The van der Waals surface area contributed by atoms with Gasteiger partial charge in [-0.1, -0.05) is 6.07 Å². The van der Waals surface area contributed by atoms with E-state index in [2.05, 4.69) is 15.3 Å². The first-order valence-corrected chi connectivity index (χ1v) is 6.67. The van der Waals surface area contributed by atoms with Gasteiger partial charge in [0.25, 0.3) is 5.91 Å². The van der Waals surface area contributed by atoms with Crippen LogP contribution in [-0.2, 0) is 0 Å². The molecule has 0 saturated carbocycles. The number of aryl methyl sites for hydroxylation is 1. The predicted molar refractivity (Wildman–Crippen MR) is 84.4 cm³/mol. The van der Waals surface area contributed by atoms with Gasteiger partial charge < -0.3 is 16.0 Å². The van der Waals surface area contributed by atoms with Crippen LogP contribution in [0.5, 0.6) is 0 Å². The molecule has 106 valence electrons. The third-order valence-electron chi connectivity index (χ3n) is 3.48. The molecule has 1 amide bonds. The second-order valence-corrected chi connectivity index (χ2v) is 5.03. The number of H-pyrrole nitrogens is 1. The monoisotopic (exact) mass is 280 g/mol. The number of aromatic amines is 1. The summed E-state index contributed by atoms with van der Waals surface area (Å²) in [5.74, 6) is 0.676. The molecule has 5 heteroatoms. The number of imidazole rings is 1. The van der Waals surface area contributed by atoms with E-state index in [0.29, 0.717) is 11.3 Å². The fourth-order valence-electron chi connectivity index (χ4n) is 2.31. The van der Waals surface area contributed by atoms with Crippen molar-refractivity contribution in [1.82, 2.24) is 9.97 Å². The maximum Gasteiger partial charge on any atom is 0.256 e. The molecule has 3 aromatic rings. The predicted octanol–water partition coefficient (Wildman–Crippen LogP) is 3.01. The first kappa shape index (κ1) is 13.2. The second-order valence-electron chi connectivity index (χ2n) is 5.03. The minimum absolute atomic E-state index is 0.171. The number of rotatable bonds is 2. The fraction of sp³-hybridized carbons (Fsp3) is 0.125. The van der Waals surface area contributed by atoms with Crippen molar-refractivity contribution in [2.75, 3.05) is 11.1 Å². The van der Waals surface area contributed by atoms with Gasteiger partial charge in [-0.25, -0.2) is 4.98 Å². The number of aromatic nitrogens is 2. The Morgan fingerprint density at radius 3 is 2.86 bits per heavy atom. The van der Waals surface area contributed by atoms with Crippen molar-refractivity contribution in [2.24, 2.45) is 0 Å². The van der Waals surface area contributed by atoms with Gasteiger partial charge in [0, 0.05) is 16.9 Å². The summed E-state index contributed by atoms with van der Waals surface area (Å²) in [5, 5.41) is 2.89. The van der Waals surface area contributed by atoms with E-state index in [1.165, 1.54) is 0 Å². The van der Waals surface area contributed by atoms with Crippen LogP contribution < -0.4 is 11.1 Å². The Bertz CT molecular complexity index is 835. The number of nitrogens with one attached hydrogen (secondary N) is 2. The highest BCUT2D eigenvalue weighted by Gasteiger charge is 2.11. The molecule has 3 rings (SSSR count). The summed E-state index contributed by atoms with van der Waals surface area (Å²) in [7, 11) is 0. The molecule has 21 heavy (non-hydrogen) atoms. The van der Waals surface area contributed by atoms with Crippen molar-refractivity contribution in [1.29, 1.82) is 0 Å². The van der Waals surface area contributed by atoms with E-state index in [4.69, 9.17) is 5.73 Å². The zero-order valence-electron chi connectivity index (χ0n) is 11.9. The van der Waals surface area contributed by atoms with Crippen LogP contribution in [0, 0.1) is 13.8 Å². The molecule has 0 radical (unpaired) electrons.